The fraction of sp³-hybridized carbons (Fsp3) is 0.571. The minimum absolute atomic E-state index is 0.000729. The number of carbonyl (C=O) groups excluding carboxylic acids is 1. The molecule has 7 heteroatoms. The van der Waals surface area contributed by atoms with Gasteiger partial charge in [-0.05, 0) is 44.1 Å². The first-order chi connectivity index (χ1) is 13.4. The molecule has 0 aliphatic heterocycles. The van der Waals surface area contributed by atoms with Gasteiger partial charge in [0.1, 0.15) is 4.83 Å². The molecule has 1 amide bonds. The number of thioether (sulfide) groups is 1. The van der Waals surface area contributed by atoms with Crippen molar-refractivity contribution in [1.82, 2.24) is 14.9 Å². The molecule has 1 aliphatic rings. The van der Waals surface area contributed by atoms with Crippen LogP contribution in [0.4, 0.5) is 0 Å². The number of hydrogen-bond donors (Lipinski definition) is 1. The summed E-state index contributed by atoms with van der Waals surface area (Å²) < 4.78 is 1.66. The van der Waals surface area contributed by atoms with Crippen molar-refractivity contribution >= 4 is 39.2 Å². The van der Waals surface area contributed by atoms with Gasteiger partial charge in [0.05, 0.1) is 11.1 Å². The van der Waals surface area contributed by atoms with Crippen molar-refractivity contribution in [2.75, 3.05) is 5.75 Å². The molecule has 2 heterocycles. The molecule has 2 aromatic heterocycles. The Labute approximate surface area is 174 Å². The van der Waals surface area contributed by atoms with Crippen LogP contribution in [0.2, 0.25) is 0 Å². The Hall–Kier alpha value is -1.60. The predicted octanol–water partition coefficient (Wildman–Crippen LogP) is 4.17. The molecule has 0 radical (unpaired) electrons. The maximum Gasteiger partial charge on any atom is 0.263 e. The summed E-state index contributed by atoms with van der Waals surface area (Å²) in [5.41, 5.74) is 1.19. The number of thiophene rings is 1. The van der Waals surface area contributed by atoms with Crippen LogP contribution in [0.5, 0.6) is 0 Å². The summed E-state index contributed by atoms with van der Waals surface area (Å²) in [6.45, 7) is 10.6. The second-order valence-electron chi connectivity index (χ2n) is 7.68. The molecule has 0 saturated carbocycles. The molecule has 2 aromatic rings. The van der Waals surface area contributed by atoms with Crippen molar-refractivity contribution < 1.29 is 4.79 Å². The Morgan fingerprint density at radius 1 is 1.54 bits per heavy atom. The van der Waals surface area contributed by atoms with Crippen LogP contribution >= 0.6 is 23.1 Å². The van der Waals surface area contributed by atoms with Crippen LogP contribution in [-0.2, 0) is 24.2 Å². The van der Waals surface area contributed by atoms with Gasteiger partial charge >= 0.3 is 0 Å². The van der Waals surface area contributed by atoms with Gasteiger partial charge in [-0.3, -0.25) is 14.2 Å². The van der Waals surface area contributed by atoms with E-state index in [9.17, 15) is 9.59 Å². The number of amides is 1. The highest BCUT2D eigenvalue weighted by atomic mass is 32.2. The number of allylic oxidation sites excluding steroid dienone is 1. The highest BCUT2D eigenvalue weighted by Crippen LogP contribution is 2.36. The maximum atomic E-state index is 13.2. The molecule has 28 heavy (non-hydrogen) atoms. The summed E-state index contributed by atoms with van der Waals surface area (Å²) in [6.07, 6.45) is 6.80. The van der Waals surface area contributed by atoms with Gasteiger partial charge in [-0.2, -0.15) is 0 Å². The van der Waals surface area contributed by atoms with Crippen LogP contribution in [0.1, 0.15) is 50.5 Å². The minimum atomic E-state index is -0.0234. The van der Waals surface area contributed by atoms with Gasteiger partial charge in [0, 0.05) is 17.5 Å². The summed E-state index contributed by atoms with van der Waals surface area (Å²) in [7, 11) is 0. The van der Waals surface area contributed by atoms with Crippen LogP contribution in [0, 0.1) is 5.92 Å². The molecule has 2 atom stereocenters. The number of aromatic nitrogens is 2. The molecular weight excluding hydrogens is 390 g/mol. The van der Waals surface area contributed by atoms with Gasteiger partial charge in [0.15, 0.2) is 5.16 Å². The van der Waals surface area contributed by atoms with Gasteiger partial charge in [-0.25, -0.2) is 4.98 Å². The largest absolute Gasteiger partial charge is 0.353 e. The lowest BCUT2D eigenvalue weighted by Gasteiger charge is -2.17. The second-order valence-corrected chi connectivity index (χ2v) is 9.70. The lowest BCUT2D eigenvalue weighted by molar-refractivity contribution is -0.119. The Morgan fingerprint density at radius 3 is 3.04 bits per heavy atom. The number of nitrogens with one attached hydrogen (secondary N) is 1. The Morgan fingerprint density at radius 2 is 2.32 bits per heavy atom. The zero-order valence-electron chi connectivity index (χ0n) is 16.9. The lowest BCUT2D eigenvalue weighted by Crippen LogP contribution is -2.34. The molecule has 0 bridgehead atoms. The molecule has 3 rings (SSSR count). The molecule has 0 aromatic carbocycles. The number of hydrogen-bond acceptors (Lipinski definition) is 5. The van der Waals surface area contributed by atoms with E-state index < -0.39 is 0 Å². The SMILES string of the molecule is C=CCn1c(SCC(=O)N[C@H](C)CCC)nc2sc3c(c2c1=O)CC[C@@H](C)C3. The van der Waals surface area contributed by atoms with Gasteiger partial charge in [-0.15, -0.1) is 17.9 Å². The highest BCUT2D eigenvalue weighted by molar-refractivity contribution is 7.99. The predicted molar refractivity (Wildman–Crippen MR) is 119 cm³/mol. The quantitative estimate of drug-likeness (QED) is 0.396. The summed E-state index contributed by atoms with van der Waals surface area (Å²) in [5, 5.41) is 4.38. The van der Waals surface area contributed by atoms with Crippen LogP contribution in [-0.4, -0.2) is 27.3 Å². The van der Waals surface area contributed by atoms with Crippen molar-refractivity contribution in [2.24, 2.45) is 5.92 Å². The third kappa shape index (κ3) is 4.51. The van der Waals surface area contributed by atoms with E-state index in [1.807, 2.05) is 6.92 Å². The fourth-order valence-electron chi connectivity index (χ4n) is 3.76. The normalized spacial score (nSPS) is 17.3. The highest BCUT2D eigenvalue weighted by Gasteiger charge is 2.24. The average Bonchev–Trinajstić information content (AvgIpc) is 3.00. The maximum absolute atomic E-state index is 13.2. The summed E-state index contributed by atoms with van der Waals surface area (Å²) >= 11 is 2.98. The third-order valence-corrected chi connectivity index (χ3v) is 7.28. The number of fused-ring (bicyclic) bond motifs is 3. The summed E-state index contributed by atoms with van der Waals surface area (Å²) in [4.78, 5) is 32.4. The van der Waals surface area contributed by atoms with E-state index >= 15 is 0 Å². The summed E-state index contributed by atoms with van der Waals surface area (Å²) in [6, 6.07) is 0.162. The van der Waals surface area contributed by atoms with E-state index in [0.29, 0.717) is 17.6 Å². The van der Waals surface area contributed by atoms with Crippen molar-refractivity contribution in [3.63, 3.8) is 0 Å². The number of rotatable bonds is 8. The number of aryl methyl sites for hydroxylation is 1. The number of carbonyl (C=O) groups is 1. The van der Waals surface area contributed by atoms with E-state index in [1.165, 1.54) is 22.2 Å². The topological polar surface area (TPSA) is 64.0 Å². The van der Waals surface area contributed by atoms with E-state index in [0.717, 1.165) is 42.3 Å². The second kappa shape index (κ2) is 9.27. The van der Waals surface area contributed by atoms with Gasteiger partial charge in [0.2, 0.25) is 5.91 Å². The monoisotopic (exact) mass is 419 g/mol. The van der Waals surface area contributed by atoms with E-state index in [1.54, 1.807) is 22.0 Å². The molecule has 152 valence electrons. The smallest absolute Gasteiger partial charge is 0.263 e. The van der Waals surface area contributed by atoms with E-state index in [-0.39, 0.29) is 23.3 Å². The fourth-order valence-corrected chi connectivity index (χ4v) is 6.00. The summed E-state index contributed by atoms with van der Waals surface area (Å²) in [5.74, 6) is 0.883. The standard InChI is InChI=1S/C21H29N3O2S2/c1-5-7-14(4)22-17(25)12-27-21-23-19-18(20(26)24(21)10-6-2)15-9-8-13(3)11-16(15)28-19/h6,13-14H,2,5,7-12H2,1,3-4H3,(H,22,25)/t13-,14-/m1/s1. The third-order valence-electron chi connectivity index (χ3n) is 5.15. The lowest BCUT2D eigenvalue weighted by atomic mass is 9.89. The first-order valence-corrected chi connectivity index (χ1v) is 11.8. The van der Waals surface area contributed by atoms with Crippen molar-refractivity contribution in [2.45, 2.75) is 70.6 Å². The van der Waals surface area contributed by atoms with Crippen molar-refractivity contribution in [1.29, 1.82) is 0 Å². The first kappa shape index (κ1) is 21.1. The average molecular weight is 420 g/mol. The van der Waals surface area contributed by atoms with Gasteiger partial charge < -0.3 is 5.32 Å². The zero-order valence-corrected chi connectivity index (χ0v) is 18.5. The molecule has 0 spiro atoms. The number of nitrogens with zero attached hydrogens (tertiary/aromatic N) is 2. The molecule has 0 unspecified atom stereocenters. The first-order valence-electron chi connectivity index (χ1n) is 10.0. The van der Waals surface area contributed by atoms with E-state index in [4.69, 9.17) is 4.98 Å². The molecule has 1 N–H and O–H groups in total. The zero-order chi connectivity index (χ0) is 20.3. The molecular formula is C21H29N3O2S2. The van der Waals surface area contributed by atoms with Crippen molar-refractivity contribution in [3.8, 4) is 0 Å². The Balaban J connectivity index is 1.89. The molecule has 0 fully saturated rings. The van der Waals surface area contributed by atoms with Gasteiger partial charge in [0.25, 0.3) is 5.56 Å². The Bertz CT molecular complexity index is 932. The van der Waals surface area contributed by atoms with Gasteiger partial charge in [-0.1, -0.05) is 38.1 Å². The van der Waals surface area contributed by atoms with Crippen LogP contribution in [0.15, 0.2) is 22.6 Å². The van der Waals surface area contributed by atoms with Crippen molar-refractivity contribution in [3.05, 3.63) is 33.4 Å². The van der Waals surface area contributed by atoms with Crippen LogP contribution < -0.4 is 10.9 Å². The molecule has 0 saturated heterocycles. The van der Waals surface area contributed by atoms with E-state index in [2.05, 4.69) is 25.7 Å². The minimum Gasteiger partial charge on any atom is -0.353 e. The molecule has 1 aliphatic carbocycles. The van der Waals surface area contributed by atoms with Crippen LogP contribution in [0.3, 0.4) is 0 Å². The Kier molecular flexibility index (Phi) is 6.99. The molecule has 5 nitrogen and oxygen atoms in total. The van der Waals surface area contributed by atoms with Crippen LogP contribution in [0.25, 0.3) is 10.2 Å².